The third-order valence-corrected chi connectivity index (χ3v) is 4.89. The largest absolute Gasteiger partial charge is 0.493 e. The maximum Gasteiger partial charge on any atom is 0.341 e. The van der Waals surface area contributed by atoms with E-state index in [-0.39, 0.29) is 5.91 Å². The SMILES string of the molecule is CCCCOc1ccc(NC(=O)C2(OCC)CCCCC2)cc1C(=O)OC. The van der Waals surface area contributed by atoms with Gasteiger partial charge in [0, 0.05) is 12.3 Å². The molecule has 0 aliphatic heterocycles. The van der Waals surface area contributed by atoms with Crippen molar-refractivity contribution >= 4 is 17.6 Å². The molecule has 1 fully saturated rings. The second-order valence-corrected chi connectivity index (χ2v) is 6.85. The highest BCUT2D eigenvalue weighted by atomic mass is 16.5. The normalized spacial score (nSPS) is 15.8. The molecular formula is C21H31NO5. The summed E-state index contributed by atoms with van der Waals surface area (Å²) in [7, 11) is 1.33. The predicted molar refractivity (Wildman–Crippen MR) is 104 cm³/mol. The van der Waals surface area contributed by atoms with E-state index in [1.54, 1.807) is 18.2 Å². The van der Waals surface area contributed by atoms with Crippen LogP contribution < -0.4 is 10.1 Å². The summed E-state index contributed by atoms with van der Waals surface area (Å²) < 4.78 is 16.4. The average molecular weight is 377 g/mol. The number of nitrogens with one attached hydrogen (secondary N) is 1. The van der Waals surface area contributed by atoms with Crippen LogP contribution in [0.5, 0.6) is 5.75 Å². The van der Waals surface area contributed by atoms with Crippen LogP contribution in [-0.4, -0.2) is 37.8 Å². The van der Waals surface area contributed by atoms with Gasteiger partial charge in [0.2, 0.25) is 0 Å². The van der Waals surface area contributed by atoms with Gasteiger partial charge in [0.05, 0.1) is 13.7 Å². The molecule has 6 nitrogen and oxygen atoms in total. The lowest BCUT2D eigenvalue weighted by Crippen LogP contribution is -2.47. The molecule has 1 aromatic carbocycles. The Morgan fingerprint density at radius 3 is 2.52 bits per heavy atom. The standard InChI is InChI=1S/C21H31NO5/c1-4-6-14-26-18-11-10-16(15-17(18)19(23)25-3)22-20(24)21(27-5-2)12-8-7-9-13-21/h10-11,15H,4-9,12-14H2,1-3H3,(H,22,24). The first-order valence-electron chi connectivity index (χ1n) is 9.87. The van der Waals surface area contributed by atoms with Gasteiger partial charge < -0.3 is 19.5 Å². The van der Waals surface area contributed by atoms with Crippen LogP contribution in [0.15, 0.2) is 18.2 Å². The van der Waals surface area contributed by atoms with Crippen molar-refractivity contribution in [1.29, 1.82) is 0 Å². The smallest absolute Gasteiger partial charge is 0.341 e. The monoisotopic (exact) mass is 377 g/mol. The van der Waals surface area contributed by atoms with Gasteiger partial charge in [-0.15, -0.1) is 0 Å². The topological polar surface area (TPSA) is 73.9 Å². The Morgan fingerprint density at radius 1 is 1.15 bits per heavy atom. The summed E-state index contributed by atoms with van der Waals surface area (Å²) in [6, 6.07) is 5.05. The summed E-state index contributed by atoms with van der Waals surface area (Å²) in [5.41, 5.74) is 0.0581. The lowest BCUT2D eigenvalue weighted by atomic mass is 9.83. The van der Waals surface area contributed by atoms with Crippen molar-refractivity contribution in [3.05, 3.63) is 23.8 Å². The molecule has 0 atom stereocenters. The van der Waals surface area contributed by atoms with E-state index in [0.717, 1.165) is 44.9 Å². The number of unbranched alkanes of at least 4 members (excludes halogenated alkanes) is 1. The molecule has 0 heterocycles. The van der Waals surface area contributed by atoms with Crippen LogP contribution in [0, 0.1) is 0 Å². The highest BCUT2D eigenvalue weighted by Gasteiger charge is 2.40. The Morgan fingerprint density at radius 2 is 1.89 bits per heavy atom. The number of esters is 1. The fraction of sp³-hybridized carbons (Fsp3) is 0.619. The zero-order valence-electron chi connectivity index (χ0n) is 16.6. The molecule has 0 bridgehead atoms. The second-order valence-electron chi connectivity index (χ2n) is 6.85. The first-order valence-corrected chi connectivity index (χ1v) is 9.87. The van der Waals surface area contributed by atoms with Crippen molar-refractivity contribution in [2.24, 2.45) is 0 Å². The highest BCUT2D eigenvalue weighted by Crippen LogP contribution is 2.33. The molecule has 0 aromatic heterocycles. The number of carbonyl (C=O) groups excluding carboxylic acids is 2. The molecule has 1 aliphatic carbocycles. The minimum absolute atomic E-state index is 0.153. The number of hydrogen-bond acceptors (Lipinski definition) is 5. The molecule has 2 rings (SSSR count). The number of methoxy groups -OCH3 is 1. The Labute approximate surface area is 161 Å². The predicted octanol–water partition coefficient (Wildman–Crippen LogP) is 4.33. The molecule has 1 aliphatic rings. The number of rotatable bonds is 9. The molecule has 1 aromatic rings. The first kappa shape index (κ1) is 21.2. The number of amides is 1. The molecule has 0 saturated heterocycles. The van der Waals surface area contributed by atoms with Crippen LogP contribution >= 0.6 is 0 Å². The van der Waals surface area contributed by atoms with Crippen LogP contribution in [-0.2, 0) is 14.3 Å². The summed E-state index contributed by atoms with van der Waals surface area (Å²) in [6.07, 6.45) is 6.41. The summed E-state index contributed by atoms with van der Waals surface area (Å²) in [5, 5.41) is 2.92. The van der Waals surface area contributed by atoms with Gasteiger partial charge in [-0.3, -0.25) is 4.79 Å². The van der Waals surface area contributed by atoms with E-state index in [0.29, 0.717) is 30.2 Å². The van der Waals surface area contributed by atoms with Crippen molar-refractivity contribution in [3.8, 4) is 5.75 Å². The molecule has 1 amide bonds. The zero-order chi connectivity index (χ0) is 19.7. The zero-order valence-corrected chi connectivity index (χ0v) is 16.6. The maximum atomic E-state index is 12.9. The Kier molecular flexibility index (Phi) is 8.10. The van der Waals surface area contributed by atoms with Gasteiger partial charge in [-0.2, -0.15) is 0 Å². The molecular weight excluding hydrogens is 346 g/mol. The van der Waals surface area contributed by atoms with Crippen LogP contribution in [0.2, 0.25) is 0 Å². The van der Waals surface area contributed by atoms with Gasteiger partial charge >= 0.3 is 5.97 Å². The number of anilines is 1. The molecule has 0 spiro atoms. The third-order valence-electron chi connectivity index (χ3n) is 4.89. The van der Waals surface area contributed by atoms with Crippen LogP contribution in [0.1, 0.15) is 69.2 Å². The Hall–Kier alpha value is -2.08. The van der Waals surface area contributed by atoms with E-state index in [9.17, 15) is 9.59 Å². The molecule has 0 radical (unpaired) electrons. The van der Waals surface area contributed by atoms with E-state index in [1.807, 2.05) is 6.92 Å². The number of benzene rings is 1. The molecule has 150 valence electrons. The van der Waals surface area contributed by atoms with E-state index in [2.05, 4.69) is 12.2 Å². The highest BCUT2D eigenvalue weighted by molar-refractivity contribution is 5.99. The van der Waals surface area contributed by atoms with Gasteiger partial charge in [-0.25, -0.2) is 4.79 Å². The third kappa shape index (κ3) is 5.45. The van der Waals surface area contributed by atoms with E-state index < -0.39 is 11.6 Å². The van der Waals surface area contributed by atoms with Crippen molar-refractivity contribution in [2.45, 2.75) is 64.4 Å². The molecule has 0 unspecified atom stereocenters. The van der Waals surface area contributed by atoms with Gasteiger partial charge in [-0.1, -0.05) is 32.6 Å². The Balaban J connectivity index is 2.19. The number of carbonyl (C=O) groups is 2. The van der Waals surface area contributed by atoms with Crippen molar-refractivity contribution < 1.29 is 23.8 Å². The lowest BCUT2D eigenvalue weighted by Gasteiger charge is -2.35. The maximum absolute atomic E-state index is 12.9. The Bertz CT molecular complexity index is 632. The molecule has 1 saturated carbocycles. The first-order chi connectivity index (χ1) is 13.1. The van der Waals surface area contributed by atoms with Gasteiger partial charge in [0.15, 0.2) is 0 Å². The van der Waals surface area contributed by atoms with E-state index in [1.165, 1.54) is 7.11 Å². The van der Waals surface area contributed by atoms with Gasteiger partial charge in [0.1, 0.15) is 16.9 Å². The lowest BCUT2D eigenvalue weighted by molar-refractivity contribution is -0.145. The van der Waals surface area contributed by atoms with Crippen molar-refractivity contribution in [2.75, 3.05) is 25.6 Å². The van der Waals surface area contributed by atoms with Crippen LogP contribution in [0.3, 0.4) is 0 Å². The summed E-state index contributed by atoms with van der Waals surface area (Å²) in [5.74, 6) is -0.181. The minimum Gasteiger partial charge on any atom is -0.493 e. The van der Waals surface area contributed by atoms with Gasteiger partial charge in [0.25, 0.3) is 5.91 Å². The van der Waals surface area contributed by atoms with Crippen LogP contribution in [0.4, 0.5) is 5.69 Å². The van der Waals surface area contributed by atoms with E-state index >= 15 is 0 Å². The van der Waals surface area contributed by atoms with Crippen LogP contribution in [0.25, 0.3) is 0 Å². The second kappa shape index (κ2) is 10.3. The fourth-order valence-electron chi connectivity index (χ4n) is 3.41. The summed E-state index contributed by atoms with van der Waals surface area (Å²) >= 11 is 0. The molecule has 6 heteroatoms. The summed E-state index contributed by atoms with van der Waals surface area (Å²) in [6.45, 7) is 4.99. The quantitative estimate of drug-likeness (QED) is 0.512. The molecule has 27 heavy (non-hydrogen) atoms. The number of ether oxygens (including phenoxy) is 3. The minimum atomic E-state index is -0.783. The molecule has 1 N–H and O–H groups in total. The fourth-order valence-corrected chi connectivity index (χ4v) is 3.41. The number of hydrogen-bond donors (Lipinski definition) is 1. The van der Waals surface area contributed by atoms with Gasteiger partial charge in [-0.05, 0) is 44.4 Å². The van der Waals surface area contributed by atoms with E-state index in [4.69, 9.17) is 14.2 Å². The average Bonchev–Trinajstić information content (AvgIpc) is 2.69. The summed E-state index contributed by atoms with van der Waals surface area (Å²) in [4.78, 5) is 25.1. The van der Waals surface area contributed by atoms with Crippen molar-refractivity contribution in [3.63, 3.8) is 0 Å². The van der Waals surface area contributed by atoms with Crippen molar-refractivity contribution in [1.82, 2.24) is 0 Å².